The van der Waals surface area contributed by atoms with Gasteiger partial charge in [0.05, 0.1) is 17.1 Å². The van der Waals surface area contributed by atoms with Gasteiger partial charge in [0.15, 0.2) is 12.4 Å². The van der Waals surface area contributed by atoms with Crippen LogP contribution in [0.4, 0.5) is 17.6 Å². The molecule has 4 rings (SSSR count). The molecule has 2 N–H and O–H groups in total. The third-order valence-electron chi connectivity index (χ3n) is 5.87. The molecule has 0 unspecified atom stereocenters. The maximum absolute atomic E-state index is 15.0. The van der Waals surface area contributed by atoms with Crippen molar-refractivity contribution in [1.82, 2.24) is 15.1 Å². The maximum atomic E-state index is 15.0. The lowest BCUT2D eigenvalue weighted by Crippen LogP contribution is -2.53. The quantitative estimate of drug-likeness (QED) is 0.461. The van der Waals surface area contributed by atoms with Crippen molar-refractivity contribution in [2.45, 2.75) is 30.6 Å². The Balaban J connectivity index is 1.67. The molecule has 8 nitrogen and oxygen atoms in total. The molecule has 0 saturated heterocycles. The van der Waals surface area contributed by atoms with Crippen molar-refractivity contribution in [1.29, 1.82) is 0 Å². The van der Waals surface area contributed by atoms with Gasteiger partial charge < -0.3 is 15.0 Å². The van der Waals surface area contributed by atoms with Gasteiger partial charge in [-0.2, -0.15) is 0 Å². The van der Waals surface area contributed by atoms with Crippen LogP contribution in [0.3, 0.4) is 0 Å². The minimum Gasteiger partial charge on any atom is -0.470 e. The number of benzene rings is 1. The number of hydrogen-bond acceptors (Lipinski definition) is 8. The Hall–Kier alpha value is -3.35. The summed E-state index contributed by atoms with van der Waals surface area (Å²) in [6.07, 6.45) is -0.143. The van der Waals surface area contributed by atoms with Crippen LogP contribution in [0, 0.1) is 5.82 Å². The van der Waals surface area contributed by atoms with Gasteiger partial charge in [0.2, 0.25) is 5.88 Å². The fourth-order valence-corrected chi connectivity index (χ4v) is 5.72. The van der Waals surface area contributed by atoms with E-state index in [4.69, 9.17) is 15.0 Å². The first-order valence-electron chi connectivity index (χ1n) is 10.8. The number of halogens is 4. The van der Waals surface area contributed by atoms with E-state index in [-0.39, 0.29) is 28.8 Å². The van der Waals surface area contributed by atoms with Gasteiger partial charge >= 0.3 is 0 Å². The molecule has 0 spiro atoms. The van der Waals surface area contributed by atoms with E-state index in [1.807, 2.05) is 13.8 Å². The average Bonchev–Trinajstić information content (AvgIpc) is 3.35. The van der Waals surface area contributed by atoms with Crippen LogP contribution >= 0.6 is 0 Å². The van der Waals surface area contributed by atoms with Crippen LogP contribution < -0.4 is 10.5 Å². The van der Waals surface area contributed by atoms with Gasteiger partial charge in [-0.15, -0.1) is 0 Å². The topological polar surface area (TPSA) is 112 Å². The number of amidine groups is 1. The number of hydrogen-bond donors (Lipinski definition) is 1. The van der Waals surface area contributed by atoms with Gasteiger partial charge in [-0.25, -0.2) is 27.5 Å². The zero-order chi connectivity index (χ0) is 26.1. The molecule has 2 atom stereocenters. The molecule has 0 bridgehead atoms. The minimum atomic E-state index is -2.63. The van der Waals surface area contributed by atoms with Crippen LogP contribution in [-0.2, 0) is 16.2 Å². The average molecular weight is 525 g/mol. The molecule has 0 amide bonds. The summed E-state index contributed by atoms with van der Waals surface area (Å²) < 4.78 is 68.2. The fraction of sp³-hybridized carbons (Fsp3) is 0.391. The standard InChI is InChI=1S/C23H24F4N6O2S/c1-22(2)21(28)32-23(11-24,12-36(22)29-3)14-6-13(4-5-15(14)25)18-7-16(33-35-18)17-8-31-20(9-30-17)34-10-19(26)27/h4-9,19H,10-12H2,1-3H3,(H2,28,32)/t23-,36+/m0/s1. The van der Waals surface area contributed by atoms with Crippen LogP contribution in [-0.4, -0.2) is 58.2 Å². The Morgan fingerprint density at radius 3 is 2.61 bits per heavy atom. The molecule has 192 valence electrons. The largest absolute Gasteiger partial charge is 0.470 e. The Labute approximate surface area is 207 Å². The summed E-state index contributed by atoms with van der Waals surface area (Å²) in [6, 6.07) is 5.71. The molecule has 1 aliphatic heterocycles. The second kappa shape index (κ2) is 9.96. The third kappa shape index (κ3) is 4.84. The van der Waals surface area contributed by atoms with Crippen LogP contribution in [0.25, 0.3) is 22.7 Å². The number of alkyl halides is 3. The molecule has 13 heteroatoms. The number of nitrogens with zero attached hydrogens (tertiary/aromatic N) is 5. The zero-order valence-corrected chi connectivity index (χ0v) is 20.5. The number of aliphatic imine (C=N–C) groups is 1. The molecule has 0 fully saturated rings. The molecule has 3 aromatic rings. The summed E-state index contributed by atoms with van der Waals surface area (Å²) in [5.41, 5.74) is 5.76. The smallest absolute Gasteiger partial charge is 0.272 e. The molecule has 1 aromatic carbocycles. The van der Waals surface area contributed by atoms with Gasteiger partial charge in [-0.05, 0) is 32.0 Å². The van der Waals surface area contributed by atoms with Gasteiger partial charge in [0, 0.05) is 30.0 Å². The van der Waals surface area contributed by atoms with E-state index in [2.05, 4.69) is 24.5 Å². The van der Waals surface area contributed by atoms with Crippen molar-refractivity contribution in [3.63, 3.8) is 0 Å². The highest BCUT2D eigenvalue weighted by molar-refractivity contribution is 7.89. The summed E-state index contributed by atoms with van der Waals surface area (Å²) >= 11 is 0. The normalized spacial score (nSPS) is 21.6. The molecular formula is C23H24F4N6O2S. The van der Waals surface area contributed by atoms with Crippen molar-refractivity contribution < 1.29 is 26.8 Å². The van der Waals surface area contributed by atoms with Crippen molar-refractivity contribution in [3.05, 3.63) is 48.0 Å². The summed E-state index contributed by atoms with van der Waals surface area (Å²) in [5, 5.41) is 3.96. The Bertz CT molecular complexity index is 1310. The van der Waals surface area contributed by atoms with E-state index in [0.29, 0.717) is 17.0 Å². The number of aromatic nitrogens is 3. The van der Waals surface area contributed by atoms with Crippen LogP contribution in [0.15, 0.2) is 50.5 Å². The van der Waals surface area contributed by atoms with Gasteiger partial charge in [-0.1, -0.05) is 15.8 Å². The summed E-state index contributed by atoms with van der Waals surface area (Å²) in [4.78, 5) is 12.5. The van der Waals surface area contributed by atoms with E-state index in [1.54, 1.807) is 13.1 Å². The zero-order valence-electron chi connectivity index (χ0n) is 19.7. The van der Waals surface area contributed by atoms with Crippen LogP contribution in [0.2, 0.25) is 0 Å². The molecule has 3 heterocycles. The predicted molar refractivity (Wildman–Crippen MR) is 128 cm³/mol. The molecule has 36 heavy (non-hydrogen) atoms. The van der Waals surface area contributed by atoms with E-state index in [1.165, 1.54) is 30.6 Å². The SMILES string of the molecule is CN=[S@@]1C[C@@](CF)(c2cc(-c3cc(-c4cnc(OCC(F)F)cn4)no3)ccc2F)N=C(N)C1(C)C. The number of rotatable bonds is 7. The van der Waals surface area contributed by atoms with Crippen LogP contribution in [0.1, 0.15) is 19.4 Å². The van der Waals surface area contributed by atoms with Crippen molar-refractivity contribution in [2.24, 2.45) is 15.1 Å². The van der Waals surface area contributed by atoms with E-state index >= 15 is 4.39 Å². The van der Waals surface area contributed by atoms with Gasteiger partial charge in [-0.3, -0.25) is 9.36 Å². The highest BCUT2D eigenvalue weighted by Crippen LogP contribution is 2.39. The molecule has 0 radical (unpaired) electrons. The van der Waals surface area contributed by atoms with Crippen molar-refractivity contribution >= 4 is 16.5 Å². The molecular weight excluding hydrogens is 500 g/mol. The van der Waals surface area contributed by atoms with E-state index in [0.717, 1.165) is 0 Å². The summed E-state index contributed by atoms with van der Waals surface area (Å²) in [7, 11) is 0.946. The molecule has 0 saturated carbocycles. The second-order valence-corrected chi connectivity index (χ2v) is 11.0. The highest BCUT2D eigenvalue weighted by Gasteiger charge is 2.45. The monoisotopic (exact) mass is 524 g/mol. The highest BCUT2D eigenvalue weighted by atomic mass is 32.2. The molecule has 2 aromatic heterocycles. The van der Waals surface area contributed by atoms with Crippen molar-refractivity contribution in [2.75, 3.05) is 26.1 Å². The lowest BCUT2D eigenvalue weighted by atomic mass is 9.90. The predicted octanol–water partition coefficient (Wildman–Crippen LogP) is 4.33. The fourth-order valence-electron chi connectivity index (χ4n) is 3.73. The lowest BCUT2D eigenvalue weighted by molar-refractivity contribution is 0.0794. The van der Waals surface area contributed by atoms with Crippen molar-refractivity contribution in [3.8, 4) is 28.6 Å². The third-order valence-corrected chi connectivity index (χ3v) is 8.45. The van der Waals surface area contributed by atoms with Crippen LogP contribution in [0.5, 0.6) is 5.88 Å². The Morgan fingerprint density at radius 2 is 1.97 bits per heavy atom. The van der Waals surface area contributed by atoms with E-state index in [9.17, 15) is 13.2 Å². The Morgan fingerprint density at radius 1 is 1.19 bits per heavy atom. The van der Waals surface area contributed by atoms with Gasteiger partial charge in [0.25, 0.3) is 6.43 Å². The summed E-state index contributed by atoms with van der Waals surface area (Å²) in [6.45, 7) is 2.01. The lowest BCUT2D eigenvalue weighted by Gasteiger charge is -2.40. The molecule has 0 aliphatic carbocycles. The number of nitrogens with two attached hydrogens (primary N) is 1. The van der Waals surface area contributed by atoms with E-state index < -0.39 is 46.5 Å². The first-order chi connectivity index (χ1) is 17.1. The Kier molecular flexibility index (Phi) is 7.12. The minimum absolute atomic E-state index is 0.0420. The molecule has 1 aliphatic rings. The number of ether oxygens (including phenoxy) is 1. The second-order valence-electron chi connectivity index (χ2n) is 8.58. The first kappa shape index (κ1) is 25.7. The maximum Gasteiger partial charge on any atom is 0.272 e. The van der Waals surface area contributed by atoms with Gasteiger partial charge in [0.1, 0.15) is 35.3 Å². The summed E-state index contributed by atoms with van der Waals surface area (Å²) in [5.74, 6) is -0.0299. The first-order valence-corrected chi connectivity index (χ1v) is 12.2.